The van der Waals surface area contributed by atoms with Gasteiger partial charge in [-0.3, -0.25) is 39.2 Å². The predicted octanol–water partition coefficient (Wildman–Crippen LogP) is 3.33. The molecule has 18 heteroatoms. The molecule has 3 aromatic carbocycles. The van der Waals surface area contributed by atoms with Gasteiger partial charge in [0.1, 0.15) is 29.9 Å². The maximum absolute atomic E-state index is 15.2. The highest BCUT2D eigenvalue weighted by molar-refractivity contribution is 6.24. The number of pyridine rings is 1. The molecule has 3 aromatic heterocycles. The summed E-state index contributed by atoms with van der Waals surface area (Å²) in [5.74, 6) is -3.07. The normalized spacial score (nSPS) is 15.1. The van der Waals surface area contributed by atoms with Crippen molar-refractivity contribution in [2.75, 3.05) is 52.8 Å². The van der Waals surface area contributed by atoms with E-state index >= 15 is 4.39 Å². The van der Waals surface area contributed by atoms with Gasteiger partial charge in [0.05, 0.1) is 79.9 Å². The number of carbonyl (C=O) groups excluding carboxylic acids is 5. The number of imide groups is 2. The van der Waals surface area contributed by atoms with Crippen LogP contribution in [0.15, 0.2) is 85.3 Å². The summed E-state index contributed by atoms with van der Waals surface area (Å²) in [5.41, 5.74) is 3.72. The van der Waals surface area contributed by atoms with E-state index in [1.165, 1.54) is 24.4 Å². The second-order valence-electron chi connectivity index (χ2n) is 14.1. The quantitative estimate of drug-likeness (QED) is 0.0944. The molecular formula is C43H39FN8O9. The van der Waals surface area contributed by atoms with Crippen molar-refractivity contribution in [3.8, 4) is 17.0 Å². The summed E-state index contributed by atoms with van der Waals surface area (Å²) in [6.45, 7) is 1.66. The second-order valence-corrected chi connectivity index (χ2v) is 14.1. The van der Waals surface area contributed by atoms with Gasteiger partial charge in [-0.05, 0) is 54.4 Å². The van der Waals surface area contributed by atoms with Gasteiger partial charge in [0.25, 0.3) is 23.5 Å². The van der Waals surface area contributed by atoms with Crippen LogP contribution in [0.25, 0.3) is 27.9 Å². The molecule has 5 heterocycles. The average molecular weight is 831 g/mol. The number of aromatic nitrogens is 5. The average Bonchev–Trinajstić information content (AvgIpc) is 3.78. The van der Waals surface area contributed by atoms with Crippen molar-refractivity contribution in [1.29, 1.82) is 0 Å². The fraction of sp³-hybridized carbons (Fsp3) is 0.279. The van der Waals surface area contributed by atoms with E-state index in [4.69, 9.17) is 18.9 Å². The van der Waals surface area contributed by atoms with Crippen molar-refractivity contribution in [1.82, 2.24) is 40.1 Å². The number of rotatable bonds is 18. The smallest absolute Gasteiger partial charge is 0.266 e. The summed E-state index contributed by atoms with van der Waals surface area (Å²) in [4.78, 5) is 76.8. The van der Waals surface area contributed by atoms with Gasteiger partial charge < -0.3 is 24.3 Å². The molecule has 5 amide bonds. The largest absolute Gasteiger partial charge is 0.490 e. The van der Waals surface area contributed by atoms with Crippen LogP contribution in [0.1, 0.15) is 55.2 Å². The fourth-order valence-corrected chi connectivity index (χ4v) is 7.06. The first-order chi connectivity index (χ1) is 29.7. The van der Waals surface area contributed by atoms with Gasteiger partial charge in [0.15, 0.2) is 0 Å². The van der Waals surface area contributed by atoms with Gasteiger partial charge >= 0.3 is 0 Å². The maximum atomic E-state index is 15.2. The molecule has 312 valence electrons. The lowest BCUT2D eigenvalue weighted by atomic mass is 10.0. The maximum Gasteiger partial charge on any atom is 0.266 e. The Morgan fingerprint density at radius 3 is 2.43 bits per heavy atom. The standard InChI is InChI=1S/C43H39FN8O9/c44-32-23-28(34-25-48-43-47-24-29(52(43)50-34)22-26-6-9-33-27(21-26)3-2-12-45-33)7-8-30(32)39(54)46-13-14-58-15-16-59-17-18-60-19-20-61-36-5-1-4-31-38(36)42(57)51(41(31)56)35-10-11-37(53)49-40(35)55/h1-9,12,21,23-25,35H,10-11,13-20,22H2,(H,46,54)(H,49,53,55). The van der Waals surface area contributed by atoms with Crippen molar-refractivity contribution in [3.05, 3.63) is 119 Å². The second kappa shape index (κ2) is 18.5. The van der Waals surface area contributed by atoms with Crippen molar-refractivity contribution in [3.63, 3.8) is 0 Å². The van der Waals surface area contributed by atoms with Crippen LogP contribution in [-0.4, -0.2) is 118 Å². The van der Waals surface area contributed by atoms with E-state index in [0.717, 1.165) is 27.1 Å². The molecule has 1 saturated heterocycles. The Hall–Kier alpha value is -7.02. The first-order valence-corrected chi connectivity index (χ1v) is 19.6. The predicted molar refractivity (Wildman–Crippen MR) is 214 cm³/mol. The molecule has 2 aliphatic rings. The summed E-state index contributed by atoms with van der Waals surface area (Å²) < 4.78 is 39.1. The number of piperidine rings is 1. The van der Waals surface area contributed by atoms with Gasteiger partial charge in [-0.2, -0.15) is 5.10 Å². The van der Waals surface area contributed by atoms with Crippen molar-refractivity contribution >= 4 is 46.2 Å². The highest BCUT2D eigenvalue weighted by Gasteiger charge is 2.46. The minimum absolute atomic E-state index is 0.0290. The zero-order chi connectivity index (χ0) is 42.3. The van der Waals surface area contributed by atoms with Crippen LogP contribution in [0.2, 0.25) is 0 Å². The number of nitrogens with zero attached hydrogens (tertiary/aromatic N) is 6. The summed E-state index contributed by atoms with van der Waals surface area (Å²) >= 11 is 0. The molecule has 2 aliphatic heterocycles. The zero-order valence-electron chi connectivity index (χ0n) is 32.7. The summed E-state index contributed by atoms with van der Waals surface area (Å²) in [7, 11) is 0. The van der Waals surface area contributed by atoms with Gasteiger partial charge in [-0.25, -0.2) is 18.9 Å². The minimum Gasteiger partial charge on any atom is -0.490 e. The van der Waals surface area contributed by atoms with E-state index in [1.54, 1.807) is 35.1 Å². The summed E-state index contributed by atoms with van der Waals surface area (Å²) in [5, 5.41) is 10.5. The van der Waals surface area contributed by atoms with Crippen LogP contribution in [0.4, 0.5) is 4.39 Å². The number of nitrogens with one attached hydrogen (secondary N) is 2. The minimum atomic E-state index is -1.07. The lowest BCUT2D eigenvalue weighted by molar-refractivity contribution is -0.136. The van der Waals surface area contributed by atoms with E-state index < -0.39 is 41.4 Å². The third-order valence-electron chi connectivity index (χ3n) is 10.1. The Labute approximate surface area is 347 Å². The number of hydrogen-bond acceptors (Lipinski definition) is 13. The van der Waals surface area contributed by atoms with Crippen LogP contribution >= 0.6 is 0 Å². The molecule has 1 unspecified atom stereocenters. The van der Waals surface area contributed by atoms with E-state index in [2.05, 4.69) is 36.8 Å². The first-order valence-electron chi connectivity index (χ1n) is 19.6. The van der Waals surface area contributed by atoms with Gasteiger partial charge in [-0.1, -0.05) is 24.3 Å². The molecule has 17 nitrogen and oxygen atoms in total. The Morgan fingerprint density at radius 1 is 0.836 bits per heavy atom. The molecule has 1 fully saturated rings. The Balaban J connectivity index is 0.709. The molecule has 1 atom stereocenters. The number of fused-ring (bicyclic) bond motifs is 3. The molecule has 61 heavy (non-hydrogen) atoms. The fourth-order valence-electron chi connectivity index (χ4n) is 7.06. The number of benzene rings is 3. The molecule has 8 rings (SSSR count). The molecule has 0 spiro atoms. The van der Waals surface area contributed by atoms with Gasteiger partial charge in [0, 0.05) is 36.5 Å². The molecule has 0 radical (unpaired) electrons. The van der Waals surface area contributed by atoms with Gasteiger partial charge in [-0.15, -0.1) is 0 Å². The lowest BCUT2D eigenvalue weighted by Crippen LogP contribution is -2.54. The number of imidazole rings is 1. The Kier molecular flexibility index (Phi) is 12.4. The lowest BCUT2D eigenvalue weighted by Gasteiger charge is -2.27. The summed E-state index contributed by atoms with van der Waals surface area (Å²) in [6, 6.07) is 17.8. The third-order valence-corrected chi connectivity index (χ3v) is 10.1. The van der Waals surface area contributed by atoms with E-state index in [0.29, 0.717) is 23.5 Å². The van der Waals surface area contributed by atoms with E-state index in [-0.39, 0.29) is 88.1 Å². The molecule has 6 aromatic rings. The van der Waals surface area contributed by atoms with Crippen LogP contribution in [0.3, 0.4) is 0 Å². The summed E-state index contributed by atoms with van der Waals surface area (Å²) in [6.07, 6.45) is 5.63. The van der Waals surface area contributed by atoms with E-state index in [9.17, 15) is 24.0 Å². The van der Waals surface area contributed by atoms with E-state index in [1.807, 2.05) is 24.3 Å². The Bertz CT molecular complexity index is 2650. The van der Waals surface area contributed by atoms with Crippen LogP contribution in [-0.2, 0) is 30.2 Å². The highest BCUT2D eigenvalue weighted by atomic mass is 19.1. The zero-order valence-corrected chi connectivity index (χ0v) is 32.7. The van der Waals surface area contributed by atoms with Crippen molar-refractivity contribution < 1.29 is 47.3 Å². The first kappa shape index (κ1) is 40.7. The third kappa shape index (κ3) is 9.10. The van der Waals surface area contributed by atoms with Crippen molar-refractivity contribution in [2.45, 2.75) is 25.3 Å². The Morgan fingerprint density at radius 2 is 1.62 bits per heavy atom. The highest BCUT2D eigenvalue weighted by Crippen LogP contribution is 2.33. The molecular weight excluding hydrogens is 792 g/mol. The molecule has 0 bridgehead atoms. The van der Waals surface area contributed by atoms with Crippen LogP contribution in [0, 0.1) is 5.82 Å². The van der Waals surface area contributed by atoms with Crippen LogP contribution < -0.4 is 15.4 Å². The topological polar surface area (TPSA) is 206 Å². The van der Waals surface area contributed by atoms with Crippen LogP contribution in [0.5, 0.6) is 5.75 Å². The number of carbonyl (C=O) groups is 5. The van der Waals surface area contributed by atoms with Crippen molar-refractivity contribution in [2.24, 2.45) is 0 Å². The SMILES string of the molecule is O=C1CCC(N2C(=O)c3cccc(OCCOCCOCCOCCNC(=O)c4ccc(-c5cnc6ncc(Cc7ccc8ncccc8c7)n6n5)cc4F)c3C2=O)C(=O)N1. The monoisotopic (exact) mass is 830 g/mol. The molecule has 2 N–H and O–H groups in total. The molecule has 0 aliphatic carbocycles. The number of halogens is 1. The van der Waals surface area contributed by atoms with Gasteiger partial charge in [0.2, 0.25) is 11.8 Å². The number of ether oxygens (including phenoxy) is 4. The number of amides is 5. The number of hydrogen-bond donors (Lipinski definition) is 2. The molecule has 0 saturated carbocycles.